The Morgan fingerprint density at radius 3 is 2.88 bits per heavy atom. The van der Waals surface area contributed by atoms with Crippen LogP contribution in [0.5, 0.6) is 0 Å². The van der Waals surface area contributed by atoms with E-state index >= 15 is 0 Å². The van der Waals surface area contributed by atoms with Crippen LogP contribution in [0.25, 0.3) is 11.4 Å². The summed E-state index contributed by atoms with van der Waals surface area (Å²) in [4.78, 5) is 17.8. The molecule has 0 atom stereocenters. The van der Waals surface area contributed by atoms with Crippen molar-refractivity contribution < 1.29 is 4.39 Å². The summed E-state index contributed by atoms with van der Waals surface area (Å²) in [6.45, 7) is 0. The van der Waals surface area contributed by atoms with Crippen LogP contribution in [0.2, 0.25) is 5.02 Å². The van der Waals surface area contributed by atoms with Gasteiger partial charge in [-0.2, -0.15) is 0 Å². The first-order chi connectivity index (χ1) is 7.59. The van der Waals surface area contributed by atoms with Crippen molar-refractivity contribution in [3.63, 3.8) is 0 Å². The number of nitrogens with one attached hydrogen (secondary N) is 1. The van der Waals surface area contributed by atoms with Crippen molar-refractivity contribution in [3.05, 3.63) is 49.2 Å². The smallest absolute Gasteiger partial charge is 0.264 e. The zero-order chi connectivity index (χ0) is 11.7. The lowest BCUT2D eigenvalue weighted by molar-refractivity contribution is 0.630. The van der Waals surface area contributed by atoms with Crippen molar-refractivity contribution in [1.29, 1.82) is 0 Å². The second-order valence-electron chi connectivity index (χ2n) is 3.01. The van der Waals surface area contributed by atoms with E-state index < -0.39 is 5.82 Å². The molecule has 0 aliphatic carbocycles. The maximum absolute atomic E-state index is 13.6. The van der Waals surface area contributed by atoms with Crippen LogP contribution in [-0.2, 0) is 0 Å². The molecule has 0 saturated carbocycles. The summed E-state index contributed by atoms with van der Waals surface area (Å²) in [5.41, 5.74) is -0.119. The number of halogens is 3. The maximum atomic E-state index is 13.6. The van der Waals surface area contributed by atoms with Gasteiger partial charge in [0, 0.05) is 6.20 Å². The highest BCUT2D eigenvalue weighted by molar-refractivity contribution is 14.1. The van der Waals surface area contributed by atoms with E-state index in [2.05, 4.69) is 9.97 Å². The summed E-state index contributed by atoms with van der Waals surface area (Å²) >= 11 is 7.49. The monoisotopic (exact) mass is 350 g/mol. The highest BCUT2D eigenvalue weighted by Gasteiger charge is 2.10. The van der Waals surface area contributed by atoms with E-state index in [-0.39, 0.29) is 22.0 Å². The molecule has 0 amide bonds. The van der Waals surface area contributed by atoms with Gasteiger partial charge in [-0.15, -0.1) is 0 Å². The number of hydrogen-bond donors (Lipinski definition) is 1. The summed E-state index contributed by atoms with van der Waals surface area (Å²) in [6.07, 6.45) is 1.38. The van der Waals surface area contributed by atoms with Crippen LogP contribution in [0.15, 0.2) is 29.2 Å². The fraction of sp³-hybridized carbons (Fsp3) is 0. The van der Waals surface area contributed by atoms with Crippen molar-refractivity contribution in [2.24, 2.45) is 0 Å². The van der Waals surface area contributed by atoms with E-state index in [0.717, 1.165) is 0 Å². The summed E-state index contributed by atoms with van der Waals surface area (Å²) in [5, 5.41) is -0.00120. The number of H-pyrrole nitrogens is 1. The Balaban J connectivity index is 2.63. The second kappa shape index (κ2) is 4.50. The molecule has 0 aliphatic rings. The Morgan fingerprint density at radius 1 is 1.44 bits per heavy atom. The quantitative estimate of drug-likeness (QED) is 0.804. The molecule has 6 heteroatoms. The van der Waals surface area contributed by atoms with Crippen molar-refractivity contribution in [2.75, 3.05) is 0 Å². The molecule has 1 aromatic carbocycles. The molecule has 1 aromatic heterocycles. The molecular weight excluding hydrogens is 345 g/mol. The van der Waals surface area contributed by atoms with Gasteiger partial charge in [0.1, 0.15) is 5.82 Å². The van der Waals surface area contributed by atoms with Gasteiger partial charge in [0.2, 0.25) is 0 Å². The summed E-state index contributed by atoms with van der Waals surface area (Å²) in [5.74, 6) is -0.418. The van der Waals surface area contributed by atoms with Gasteiger partial charge in [-0.1, -0.05) is 17.7 Å². The Labute approximate surface area is 109 Å². The summed E-state index contributed by atoms with van der Waals surface area (Å²) < 4.78 is 14.1. The van der Waals surface area contributed by atoms with Crippen LogP contribution in [-0.4, -0.2) is 9.97 Å². The number of aromatic amines is 1. The van der Waals surface area contributed by atoms with Crippen LogP contribution < -0.4 is 5.56 Å². The highest BCUT2D eigenvalue weighted by Crippen LogP contribution is 2.24. The van der Waals surface area contributed by atoms with E-state index in [1.54, 1.807) is 6.07 Å². The Kier molecular flexibility index (Phi) is 3.25. The Bertz CT molecular complexity index is 600. The zero-order valence-corrected chi connectivity index (χ0v) is 10.7. The van der Waals surface area contributed by atoms with Crippen molar-refractivity contribution in [2.45, 2.75) is 0 Å². The molecule has 0 aliphatic heterocycles. The van der Waals surface area contributed by atoms with Crippen LogP contribution >= 0.6 is 34.2 Å². The van der Waals surface area contributed by atoms with E-state index in [4.69, 9.17) is 11.6 Å². The molecule has 16 heavy (non-hydrogen) atoms. The van der Waals surface area contributed by atoms with Gasteiger partial charge in [0.25, 0.3) is 5.56 Å². The molecule has 0 bridgehead atoms. The van der Waals surface area contributed by atoms with Crippen molar-refractivity contribution in [3.8, 4) is 11.4 Å². The predicted octanol–water partition coefficient (Wildman–Crippen LogP) is 2.83. The Morgan fingerprint density at radius 2 is 2.19 bits per heavy atom. The zero-order valence-electron chi connectivity index (χ0n) is 7.80. The number of nitrogens with zero attached hydrogens (tertiary/aromatic N) is 1. The minimum atomic E-state index is -0.589. The molecule has 2 aromatic rings. The maximum Gasteiger partial charge on any atom is 0.264 e. The molecule has 0 spiro atoms. The van der Waals surface area contributed by atoms with Gasteiger partial charge >= 0.3 is 0 Å². The van der Waals surface area contributed by atoms with Crippen LogP contribution in [0.1, 0.15) is 0 Å². The average molecular weight is 351 g/mol. The molecule has 1 heterocycles. The number of rotatable bonds is 1. The minimum absolute atomic E-state index is 0.00120. The number of aromatic nitrogens is 2. The molecule has 3 nitrogen and oxygen atoms in total. The summed E-state index contributed by atoms with van der Waals surface area (Å²) in [7, 11) is 0. The van der Waals surface area contributed by atoms with Gasteiger partial charge in [0.05, 0.1) is 14.2 Å². The molecular formula is C10H5ClFIN2O. The van der Waals surface area contributed by atoms with E-state index in [1.807, 2.05) is 22.6 Å². The highest BCUT2D eigenvalue weighted by atomic mass is 127. The average Bonchev–Trinajstić information content (AvgIpc) is 2.26. The first-order valence-electron chi connectivity index (χ1n) is 4.29. The van der Waals surface area contributed by atoms with Crippen LogP contribution in [0, 0.1) is 9.39 Å². The molecule has 0 fully saturated rings. The van der Waals surface area contributed by atoms with Crippen molar-refractivity contribution in [1.82, 2.24) is 9.97 Å². The minimum Gasteiger partial charge on any atom is -0.306 e. The molecule has 82 valence electrons. The second-order valence-corrected chi connectivity index (χ2v) is 4.58. The molecule has 0 saturated heterocycles. The lowest BCUT2D eigenvalue weighted by Crippen LogP contribution is -2.11. The molecule has 2 rings (SSSR count). The third-order valence-electron chi connectivity index (χ3n) is 1.96. The molecule has 0 unspecified atom stereocenters. The largest absolute Gasteiger partial charge is 0.306 e. The summed E-state index contributed by atoms with van der Waals surface area (Å²) in [6, 6.07) is 4.54. The van der Waals surface area contributed by atoms with Gasteiger partial charge in [-0.25, -0.2) is 9.37 Å². The van der Waals surface area contributed by atoms with Crippen LogP contribution in [0.3, 0.4) is 0 Å². The fourth-order valence-electron chi connectivity index (χ4n) is 1.20. The van der Waals surface area contributed by atoms with E-state index in [9.17, 15) is 9.18 Å². The first kappa shape index (κ1) is 11.5. The standard InChI is InChI=1S/C10H5ClFIN2O/c11-6-3-1-2-5(8(6)12)9-14-4-7(13)10(16)15-9/h1-4H,(H,14,15,16). The normalized spacial score (nSPS) is 10.4. The Hall–Kier alpha value is -0.950. The third kappa shape index (κ3) is 2.10. The fourth-order valence-corrected chi connectivity index (χ4v) is 1.65. The molecule has 1 N–H and O–H groups in total. The predicted molar refractivity (Wildman–Crippen MR) is 68.0 cm³/mol. The third-order valence-corrected chi connectivity index (χ3v) is 3.02. The number of benzene rings is 1. The SMILES string of the molecule is O=c1[nH]c(-c2cccc(Cl)c2F)ncc1I. The molecule has 0 radical (unpaired) electrons. The van der Waals surface area contributed by atoms with Crippen LogP contribution in [0.4, 0.5) is 4.39 Å². The lowest BCUT2D eigenvalue weighted by atomic mass is 10.2. The van der Waals surface area contributed by atoms with E-state index in [1.165, 1.54) is 18.3 Å². The van der Waals surface area contributed by atoms with Gasteiger partial charge in [-0.3, -0.25) is 4.79 Å². The lowest BCUT2D eigenvalue weighted by Gasteiger charge is -2.03. The number of hydrogen-bond acceptors (Lipinski definition) is 2. The van der Waals surface area contributed by atoms with Crippen molar-refractivity contribution >= 4 is 34.2 Å². The van der Waals surface area contributed by atoms with E-state index in [0.29, 0.717) is 3.57 Å². The topological polar surface area (TPSA) is 45.8 Å². The van der Waals surface area contributed by atoms with Gasteiger partial charge in [-0.05, 0) is 34.7 Å². The van der Waals surface area contributed by atoms with Gasteiger partial charge in [0.15, 0.2) is 5.82 Å². The van der Waals surface area contributed by atoms with Gasteiger partial charge < -0.3 is 4.98 Å². The first-order valence-corrected chi connectivity index (χ1v) is 5.74.